The molecule has 0 spiro atoms. The molecule has 1 aromatic carbocycles. The zero-order valence-electron chi connectivity index (χ0n) is 8.46. The smallest absolute Gasteiger partial charge is 0.171 e. The van der Waals surface area contributed by atoms with Crippen LogP contribution in [0.4, 0.5) is 5.69 Å². The molecule has 0 heterocycles. The van der Waals surface area contributed by atoms with Gasteiger partial charge >= 0.3 is 0 Å². The molecule has 0 aliphatic rings. The molecule has 0 aliphatic carbocycles. The molecule has 1 rings (SSSR count). The quantitative estimate of drug-likeness (QED) is 0.692. The van der Waals surface area contributed by atoms with E-state index in [0.717, 1.165) is 11.1 Å². The first-order valence-corrected chi connectivity index (χ1v) is 6.43. The van der Waals surface area contributed by atoms with Gasteiger partial charge in [0.05, 0.1) is 11.4 Å². The lowest BCUT2D eigenvalue weighted by Gasteiger charge is -2.01. The Morgan fingerprint density at radius 1 is 1.27 bits per heavy atom. The molecule has 0 N–H and O–H groups in total. The first kappa shape index (κ1) is 11.8. The van der Waals surface area contributed by atoms with E-state index in [2.05, 4.69) is 11.9 Å². The average Bonchev–Trinajstić information content (AvgIpc) is 2.26. The van der Waals surface area contributed by atoms with Crippen molar-refractivity contribution in [3.63, 3.8) is 0 Å². The maximum absolute atomic E-state index is 11.1. The minimum absolute atomic E-state index is 0.118. The molecule has 0 saturated heterocycles. The Kier molecular flexibility index (Phi) is 4.37. The van der Waals surface area contributed by atoms with Gasteiger partial charge in [-0.1, -0.05) is 24.8 Å². The van der Waals surface area contributed by atoms with Crippen LogP contribution in [0, 0.1) is 0 Å². The second-order valence-electron chi connectivity index (χ2n) is 3.10. The number of hydrogen-bond acceptors (Lipinski definition) is 2. The van der Waals surface area contributed by atoms with Crippen molar-refractivity contribution in [2.75, 3.05) is 12.3 Å². The van der Waals surface area contributed by atoms with Crippen molar-refractivity contribution in [3.05, 3.63) is 42.3 Å². The molecule has 0 atom stereocenters. The third kappa shape index (κ3) is 4.65. The molecule has 1 radical (unpaired) electrons. The molecule has 0 aliphatic heterocycles. The number of hydrogen-bond donors (Lipinski definition) is 0. The van der Waals surface area contributed by atoms with E-state index in [9.17, 15) is 8.42 Å². The molecule has 0 fully saturated rings. The summed E-state index contributed by atoms with van der Waals surface area (Å²) in [6.45, 7) is 3.78. The van der Waals surface area contributed by atoms with E-state index in [-0.39, 0.29) is 5.75 Å². The molecule has 1 aromatic rings. The first-order chi connectivity index (χ1) is 7.14. The first-order valence-electron chi connectivity index (χ1n) is 4.72. The summed E-state index contributed by atoms with van der Waals surface area (Å²) in [4.78, 5) is 0. The minimum Gasteiger partial charge on any atom is -0.285 e. The molecule has 0 unspecified atom stereocenters. The van der Waals surface area contributed by atoms with Crippen LogP contribution in [-0.4, -0.2) is 20.7 Å². The van der Waals surface area contributed by atoms with Gasteiger partial charge in [0.25, 0.3) is 0 Å². The van der Waals surface area contributed by atoms with E-state index in [1.165, 1.54) is 0 Å². The molecule has 3 nitrogen and oxygen atoms in total. The fourth-order valence-corrected chi connectivity index (χ4v) is 1.79. The van der Waals surface area contributed by atoms with Gasteiger partial charge in [-0.25, -0.2) is 8.42 Å². The summed E-state index contributed by atoms with van der Waals surface area (Å²) in [6.07, 6.45) is 0.531. The highest BCUT2D eigenvalue weighted by atomic mass is 32.2. The Hall–Kier alpha value is -1.29. The van der Waals surface area contributed by atoms with E-state index in [1.807, 2.05) is 30.3 Å². The zero-order chi connectivity index (χ0) is 11.1. The Morgan fingerprint density at radius 3 is 2.53 bits per heavy atom. The van der Waals surface area contributed by atoms with Crippen LogP contribution in [0.1, 0.15) is 6.42 Å². The third-order valence-corrected chi connectivity index (χ3v) is 3.26. The van der Waals surface area contributed by atoms with E-state index in [4.69, 9.17) is 0 Å². The van der Waals surface area contributed by atoms with Crippen LogP contribution in [0.5, 0.6) is 0 Å². The molecular weight excluding hydrogens is 210 g/mol. The predicted molar refractivity (Wildman–Crippen MR) is 61.7 cm³/mol. The normalized spacial score (nSPS) is 10.9. The van der Waals surface area contributed by atoms with Crippen molar-refractivity contribution in [3.8, 4) is 0 Å². The Bertz CT molecular complexity index is 398. The molecule has 0 aromatic heterocycles. The zero-order valence-corrected chi connectivity index (χ0v) is 9.28. The summed E-state index contributed by atoms with van der Waals surface area (Å²) < 4.78 is 22.1. The molecule has 4 heteroatoms. The summed E-state index contributed by atoms with van der Waals surface area (Å²) in [6, 6.07) is 9.50. The Balaban J connectivity index is 2.26. The van der Waals surface area contributed by atoms with Crippen molar-refractivity contribution in [2.24, 2.45) is 0 Å². The molecule has 0 saturated carbocycles. The number of benzene rings is 1. The maximum Gasteiger partial charge on any atom is 0.171 e. The van der Waals surface area contributed by atoms with Gasteiger partial charge in [0, 0.05) is 12.0 Å². The second kappa shape index (κ2) is 5.56. The fourth-order valence-electron chi connectivity index (χ4n) is 1.09. The second-order valence-corrected chi connectivity index (χ2v) is 5.17. The molecule has 81 valence electrons. The van der Waals surface area contributed by atoms with Gasteiger partial charge < -0.3 is 0 Å². The third-order valence-electron chi connectivity index (χ3n) is 1.89. The van der Waals surface area contributed by atoms with Gasteiger partial charge in [0.15, 0.2) is 9.84 Å². The van der Waals surface area contributed by atoms with Crippen molar-refractivity contribution in [1.29, 1.82) is 0 Å². The van der Waals surface area contributed by atoms with Gasteiger partial charge in [-0.2, -0.15) is 0 Å². The van der Waals surface area contributed by atoms with Gasteiger partial charge in [0.1, 0.15) is 0 Å². The number of para-hydroxylation sites is 1. The summed E-state index contributed by atoms with van der Waals surface area (Å²) in [5.74, 6) is 0.118. The number of rotatable bonds is 6. The van der Waals surface area contributed by atoms with Crippen LogP contribution >= 0.6 is 0 Å². The average molecular weight is 224 g/mol. The van der Waals surface area contributed by atoms with Crippen LogP contribution in [0.25, 0.3) is 0 Å². The maximum atomic E-state index is 11.1. The monoisotopic (exact) mass is 224 g/mol. The SMILES string of the molecule is C=CS(=O)(=O)CCC[N]c1ccccc1. The summed E-state index contributed by atoms with van der Waals surface area (Å²) in [5.41, 5.74) is 0.883. The number of sulfone groups is 1. The van der Waals surface area contributed by atoms with Gasteiger partial charge in [-0.05, 0) is 18.6 Å². The lowest BCUT2D eigenvalue weighted by Crippen LogP contribution is -2.08. The summed E-state index contributed by atoms with van der Waals surface area (Å²) >= 11 is 0. The minimum atomic E-state index is -3.07. The topological polar surface area (TPSA) is 48.2 Å². The van der Waals surface area contributed by atoms with Gasteiger partial charge in [-0.3, -0.25) is 5.32 Å². The largest absolute Gasteiger partial charge is 0.285 e. The van der Waals surface area contributed by atoms with E-state index in [0.29, 0.717) is 13.0 Å². The lowest BCUT2D eigenvalue weighted by molar-refractivity contribution is 0.601. The van der Waals surface area contributed by atoms with Crippen molar-refractivity contribution >= 4 is 15.5 Å². The molecule has 0 amide bonds. The lowest BCUT2D eigenvalue weighted by atomic mass is 10.3. The van der Waals surface area contributed by atoms with Crippen LogP contribution < -0.4 is 5.32 Å². The van der Waals surface area contributed by atoms with Crippen LogP contribution in [-0.2, 0) is 9.84 Å². The van der Waals surface area contributed by atoms with Gasteiger partial charge in [-0.15, -0.1) is 0 Å². The molecular formula is C11H14NO2S. The van der Waals surface area contributed by atoms with Crippen LogP contribution in [0.15, 0.2) is 42.3 Å². The highest BCUT2D eigenvalue weighted by molar-refractivity contribution is 7.94. The van der Waals surface area contributed by atoms with Gasteiger partial charge in [0.2, 0.25) is 0 Å². The van der Waals surface area contributed by atoms with Crippen LogP contribution in [0.3, 0.4) is 0 Å². The molecule has 15 heavy (non-hydrogen) atoms. The highest BCUT2D eigenvalue weighted by Crippen LogP contribution is 2.05. The van der Waals surface area contributed by atoms with Crippen molar-refractivity contribution in [1.82, 2.24) is 5.32 Å². The fraction of sp³-hybridized carbons (Fsp3) is 0.273. The van der Waals surface area contributed by atoms with E-state index in [1.54, 1.807) is 0 Å². The van der Waals surface area contributed by atoms with Crippen molar-refractivity contribution in [2.45, 2.75) is 6.42 Å². The van der Waals surface area contributed by atoms with E-state index < -0.39 is 9.84 Å². The van der Waals surface area contributed by atoms with Crippen LogP contribution in [0.2, 0.25) is 0 Å². The molecule has 0 bridgehead atoms. The summed E-state index contributed by atoms with van der Waals surface area (Å²) in [7, 11) is -3.07. The standard InChI is InChI=1S/C11H14NO2S/c1-2-15(13,14)10-6-9-12-11-7-4-3-5-8-11/h2-5,7-8H,1,6,9-10H2. The van der Waals surface area contributed by atoms with E-state index >= 15 is 0 Å². The highest BCUT2D eigenvalue weighted by Gasteiger charge is 2.03. The predicted octanol–water partition coefficient (Wildman–Crippen LogP) is 1.87. The number of nitrogens with zero attached hydrogens (tertiary/aromatic N) is 1. The Morgan fingerprint density at radius 2 is 1.93 bits per heavy atom. The Labute approximate surface area is 90.7 Å². The summed E-state index contributed by atoms with van der Waals surface area (Å²) in [5, 5.41) is 5.24. The van der Waals surface area contributed by atoms with Crippen molar-refractivity contribution < 1.29 is 8.42 Å².